The first-order valence-corrected chi connectivity index (χ1v) is 26.2. The van der Waals surface area contributed by atoms with Crippen LogP contribution in [-0.4, -0.2) is 91.8 Å². The Hall–Kier alpha value is -6.17. The number of ether oxygens (including phenoxy) is 1. The molecule has 1 amide bonds. The van der Waals surface area contributed by atoms with Gasteiger partial charge in [-0.1, -0.05) is 54.6 Å². The van der Waals surface area contributed by atoms with Crippen molar-refractivity contribution in [2.24, 2.45) is 4.99 Å². The molecule has 5 aromatic carbocycles. The largest absolute Gasteiger partial charge is 0.440 e. The van der Waals surface area contributed by atoms with E-state index in [9.17, 15) is 44.7 Å². The van der Waals surface area contributed by atoms with E-state index in [1.165, 1.54) is 17.8 Å². The maximum atomic E-state index is 12.3. The standard InChI is InChI=1S/C20H24N2O4S.C12H16N2O.C8H8O3S.C8H6O3S/c1-4-22(5-2)15-10-11-17(14(3)12-15)21-20(23)26-18-13-27(24,25)19-9-7-6-8-16(18)19;1-4-14(5-2)11-6-7-12(13-9-15)10(3)8-11;2*9-7-5-12(10,11)8-4-2-1-3-6(7)8/h6-12,18H,4-5,13H2,1-3H3,(H,21,23);6-8H,4-5H2,1-3H3;1-4,7,9H,5H2;1-4H,5H2. The van der Waals surface area contributed by atoms with E-state index in [4.69, 9.17) is 4.74 Å². The summed E-state index contributed by atoms with van der Waals surface area (Å²) >= 11 is 0. The highest BCUT2D eigenvalue weighted by molar-refractivity contribution is 7.93. The van der Waals surface area contributed by atoms with Crippen molar-refractivity contribution in [2.75, 3.05) is 58.6 Å². The normalized spacial score (nSPS) is 17.3. The lowest BCUT2D eigenvalue weighted by atomic mass is 10.1. The average Bonchev–Trinajstić information content (AvgIpc) is 3.79. The number of carbonyl (C=O) groups excluding carboxylic acids is 3. The van der Waals surface area contributed by atoms with Crippen LogP contribution in [-0.2, 0) is 39.0 Å². The predicted molar refractivity (Wildman–Crippen MR) is 255 cm³/mol. The number of hydrogen-bond donors (Lipinski definition) is 2. The molecule has 0 saturated carbocycles. The van der Waals surface area contributed by atoms with E-state index in [1.807, 2.05) is 50.2 Å². The van der Waals surface area contributed by atoms with E-state index in [1.54, 1.807) is 66.7 Å². The van der Waals surface area contributed by atoms with Gasteiger partial charge in [-0.3, -0.25) is 10.1 Å². The molecule has 0 aliphatic carbocycles. The first-order valence-electron chi connectivity index (χ1n) is 21.2. The number of Topliss-reactive ketones (excluding diaryl/α,β-unsaturated/α-hetero) is 1. The second-order valence-electron chi connectivity index (χ2n) is 15.4. The van der Waals surface area contributed by atoms with Gasteiger partial charge in [0.25, 0.3) is 0 Å². The van der Waals surface area contributed by atoms with Gasteiger partial charge in [0.05, 0.1) is 38.0 Å². The van der Waals surface area contributed by atoms with Crippen LogP contribution >= 0.6 is 0 Å². The van der Waals surface area contributed by atoms with Gasteiger partial charge in [-0.05, 0) is 107 Å². The number of nitrogens with one attached hydrogen (secondary N) is 1. The fraction of sp³-hybridized carbons (Fsp3) is 0.312. The Morgan fingerprint density at radius 3 is 1.71 bits per heavy atom. The zero-order valence-electron chi connectivity index (χ0n) is 37.6. The third-order valence-electron chi connectivity index (χ3n) is 11.1. The number of amides is 1. The van der Waals surface area contributed by atoms with Crippen LogP contribution in [0.25, 0.3) is 0 Å². The molecule has 18 heteroatoms. The number of fused-ring (bicyclic) bond motifs is 3. The second-order valence-corrected chi connectivity index (χ2v) is 21.3. The van der Waals surface area contributed by atoms with Crippen LogP contribution in [0, 0.1) is 13.8 Å². The Kier molecular flexibility index (Phi) is 16.8. The number of aliphatic hydroxyl groups excluding tert-OH is 1. The van der Waals surface area contributed by atoms with Gasteiger partial charge in [-0.25, -0.2) is 34.8 Å². The third-order valence-corrected chi connectivity index (χ3v) is 16.4. The fourth-order valence-corrected chi connectivity index (χ4v) is 12.4. The lowest BCUT2D eigenvalue weighted by Crippen LogP contribution is -2.22. The summed E-state index contributed by atoms with van der Waals surface area (Å²) in [5.74, 6) is -1.07. The van der Waals surface area contributed by atoms with Gasteiger partial charge in [0.15, 0.2) is 35.3 Å². The van der Waals surface area contributed by atoms with Crippen molar-refractivity contribution in [1.82, 2.24) is 0 Å². The summed E-state index contributed by atoms with van der Waals surface area (Å²) in [4.78, 5) is 42.4. The molecule has 3 aliphatic heterocycles. The summed E-state index contributed by atoms with van der Waals surface area (Å²) in [6, 6.07) is 31.2. The number of aliphatic imine (C=N–C) groups is 1. The number of aliphatic hydroxyl groups is 1. The summed E-state index contributed by atoms with van der Waals surface area (Å²) in [6.45, 7) is 16.1. The van der Waals surface area contributed by atoms with Crippen molar-refractivity contribution in [3.8, 4) is 0 Å². The molecule has 5 aromatic rings. The topological polar surface area (TPSA) is 214 Å². The Labute approximate surface area is 386 Å². The van der Waals surface area contributed by atoms with E-state index in [0.717, 1.165) is 43.0 Å². The minimum Gasteiger partial charge on any atom is -0.440 e. The number of nitrogens with zero attached hydrogens (tertiary/aromatic N) is 3. The van der Waals surface area contributed by atoms with E-state index < -0.39 is 47.8 Å². The quantitative estimate of drug-likeness (QED) is 0.106. The number of isocyanates is 1. The van der Waals surface area contributed by atoms with Crippen LogP contribution in [0.15, 0.2) is 129 Å². The van der Waals surface area contributed by atoms with Crippen molar-refractivity contribution < 1.29 is 49.5 Å². The monoisotopic (exact) mass is 958 g/mol. The van der Waals surface area contributed by atoms with Crippen molar-refractivity contribution in [2.45, 2.75) is 68.4 Å². The van der Waals surface area contributed by atoms with Gasteiger partial charge in [-0.2, -0.15) is 4.99 Å². The van der Waals surface area contributed by atoms with Crippen LogP contribution in [0.2, 0.25) is 0 Å². The molecule has 2 atom stereocenters. The lowest BCUT2D eigenvalue weighted by molar-refractivity contribution is 0.102. The molecule has 0 spiro atoms. The molecule has 350 valence electrons. The number of anilines is 3. The van der Waals surface area contributed by atoms with Gasteiger partial charge in [0.2, 0.25) is 6.08 Å². The Balaban J connectivity index is 0.000000177. The zero-order chi connectivity index (χ0) is 48.4. The molecular formula is C48H54N4O11S3. The van der Waals surface area contributed by atoms with Crippen molar-refractivity contribution >= 4 is 70.2 Å². The number of rotatable bonds is 9. The number of sulfone groups is 3. The molecule has 2 N–H and O–H groups in total. The first kappa shape index (κ1) is 50.8. The molecular weight excluding hydrogens is 905 g/mol. The van der Waals surface area contributed by atoms with Crippen molar-refractivity contribution in [1.29, 1.82) is 0 Å². The van der Waals surface area contributed by atoms with Crippen molar-refractivity contribution in [3.05, 3.63) is 137 Å². The molecule has 8 rings (SSSR count). The van der Waals surface area contributed by atoms with E-state index in [0.29, 0.717) is 28.1 Å². The van der Waals surface area contributed by atoms with Crippen LogP contribution in [0.3, 0.4) is 0 Å². The smallest absolute Gasteiger partial charge is 0.412 e. The number of aryl methyl sites for hydroxylation is 2. The number of carbonyl (C=O) groups is 2. The molecule has 3 heterocycles. The molecule has 2 unspecified atom stereocenters. The fourth-order valence-electron chi connectivity index (χ4n) is 7.67. The number of hydrogen-bond acceptors (Lipinski definition) is 14. The average molecular weight is 959 g/mol. The SMILES string of the molecule is CCN(CC)c1ccc(N=C=O)c(C)c1.CCN(CC)c1ccc(NC(=O)OC2CS(=O)(=O)c3ccccc32)c(C)c1.O=C1CS(=O)(=O)c2ccccc21.O=S1(=O)CC(O)c2ccccc21. The first-order chi connectivity index (χ1) is 31.3. The molecule has 66 heavy (non-hydrogen) atoms. The van der Waals surface area contributed by atoms with E-state index in [2.05, 4.69) is 47.8 Å². The maximum Gasteiger partial charge on any atom is 0.412 e. The second kappa shape index (κ2) is 21.9. The summed E-state index contributed by atoms with van der Waals surface area (Å²) in [7, 11) is -9.92. The summed E-state index contributed by atoms with van der Waals surface area (Å²) in [6.07, 6.45) is -0.730. The van der Waals surface area contributed by atoms with Crippen LogP contribution in [0.1, 0.15) is 72.5 Å². The predicted octanol–water partition coefficient (Wildman–Crippen LogP) is 7.89. The molecule has 0 radical (unpaired) electrons. The van der Waals surface area contributed by atoms with Crippen LogP contribution in [0.4, 0.5) is 27.5 Å². The number of benzene rings is 5. The van der Waals surface area contributed by atoms with Crippen LogP contribution < -0.4 is 15.1 Å². The molecule has 3 aliphatic rings. The highest BCUT2D eigenvalue weighted by Gasteiger charge is 2.37. The molecule has 0 bridgehead atoms. The van der Waals surface area contributed by atoms with Gasteiger partial charge >= 0.3 is 6.09 Å². The maximum absolute atomic E-state index is 12.3. The highest BCUT2D eigenvalue weighted by Crippen LogP contribution is 2.36. The molecule has 0 aromatic heterocycles. The Morgan fingerprint density at radius 1 is 0.682 bits per heavy atom. The summed E-state index contributed by atoms with van der Waals surface area (Å²) in [5.41, 5.74) is 6.90. The molecule has 0 fully saturated rings. The van der Waals surface area contributed by atoms with Crippen molar-refractivity contribution in [3.63, 3.8) is 0 Å². The minimum atomic E-state index is -3.41. The summed E-state index contributed by atoms with van der Waals surface area (Å²) < 4.78 is 74.9. The summed E-state index contributed by atoms with van der Waals surface area (Å²) in [5, 5.41) is 12.1. The zero-order valence-corrected chi connectivity index (χ0v) is 40.0. The van der Waals surface area contributed by atoms with Gasteiger partial charge in [-0.15, -0.1) is 0 Å². The third kappa shape index (κ3) is 12.0. The molecule has 0 saturated heterocycles. The van der Waals surface area contributed by atoms with Gasteiger partial charge in [0.1, 0.15) is 11.9 Å². The highest BCUT2D eigenvalue weighted by atomic mass is 32.2. The lowest BCUT2D eigenvalue weighted by Gasteiger charge is -2.22. The Bertz CT molecular complexity index is 2960. The minimum absolute atomic E-state index is 0.174. The Morgan fingerprint density at radius 2 is 1.18 bits per heavy atom. The van der Waals surface area contributed by atoms with Gasteiger partial charge in [0, 0.05) is 59.9 Å². The number of ketones is 1. The van der Waals surface area contributed by atoms with Crippen LogP contribution in [0.5, 0.6) is 0 Å². The van der Waals surface area contributed by atoms with E-state index >= 15 is 0 Å². The molecule has 15 nitrogen and oxygen atoms in total. The van der Waals surface area contributed by atoms with Gasteiger partial charge < -0.3 is 19.6 Å². The van der Waals surface area contributed by atoms with E-state index in [-0.39, 0.29) is 37.7 Å².